The second-order valence-corrected chi connectivity index (χ2v) is 5.25. The summed E-state index contributed by atoms with van der Waals surface area (Å²) in [5, 5.41) is 0. The molecule has 0 aliphatic carbocycles. The zero-order chi connectivity index (χ0) is 11.2. The van der Waals surface area contributed by atoms with Crippen molar-refractivity contribution < 1.29 is 0 Å². The lowest BCUT2D eigenvalue weighted by molar-refractivity contribution is 0.975. The lowest BCUT2D eigenvalue weighted by atomic mass is 10.2. The predicted molar refractivity (Wildman–Crippen MR) is 73.3 cm³/mol. The van der Waals surface area contributed by atoms with Crippen LogP contribution in [0.3, 0.4) is 0 Å². The Morgan fingerprint density at radius 2 is 1.81 bits per heavy atom. The predicted octanol–water partition coefficient (Wildman–Crippen LogP) is 4.25. The monoisotopic (exact) mass is 293 g/mol. The Balaban J connectivity index is 1.85. The van der Waals surface area contributed by atoms with Crippen molar-refractivity contribution in [2.24, 2.45) is 0 Å². The summed E-state index contributed by atoms with van der Waals surface area (Å²) >= 11 is 5.11. The molecule has 0 aliphatic rings. The Hall–Kier alpha value is -0.770. The van der Waals surface area contributed by atoms with Gasteiger partial charge in [0, 0.05) is 15.9 Å². The first-order valence-electron chi connectivity index (χ1n) is 5.04. The standard InChI is InChI=1S/C13H12BrNS/c14-12-7-4-8-13(9-12)16-15-10-11-5-2-1-3-6-11/h1-9,15H,10H2. The van der Waals surface area contributed by atoms with E-state index in [1.165, 1.54) is 10.5 Å². The van der Waals surface area contributed by atoms with Crippen LogP contribution in [0.2, 0.25) is 0 Å². The molecule has 0 aliphatic heterocycles. The normalized spacial score (nSPS) is 10.3. The van der Waals surface area contributed by atoms with Crippen molar-refractivity contribution in [2.45, 2.75) is 11.4 Å². The fourth-order valence-electron chi connectivity index (χ4n) is 1.33. The van der Waals surface area contributed by atoms with Crippen LogP contribution in [0.4, 0.5) is 0 Å². The van der Waals surface area contributed by atoms with Crippen molar-refractivity contribution in [1.29, 1.82) is 0 Å². The molecular weight excluding hydrogens is 282 g/mol. The summed E-state index contributed by atoms with van der Waals surface area (Å²) in [5.74, 6) is 0. The van der Waals surface area contributed by atoms with Crippen molar-refractivity contribution >= 4 is 27.9 Å². The summed E-state index contributed by atoms with van der Waals surface area (Å²) in [6.45, 7) is 0.873. The Labute approximate surface area is 109 Å². The van der Waals surface area contributed by atoms with E-state index < -0.39 is 0 Å². The molecular formula is C13H12BrNS. The van der Waals surface area contributed by atoms with E-state index in [0.717, 1.165) is 11.0 Å². The average molecular weight is 294 g/mol. The molecule has 82 valence electrons. The van der Waals surface area contributed by atoms with Gasteiger partial charge in [-0.15, -0.1) is 0 Å². The van der Waals surface area contributed by atoms with E-state index in [0.29, 0.717) is 0 Å². The van der Waals surface area contributed by atoms with Crippen molar-refractivity contribution in [3.8, 4) is 0 Å². The van der Waals surface area contributed by atoms with Gasteiger partial charge < -0.3 is 0 Å². The van der Waals surface area contributed by atoms with Gasteiger partial charge in [-0.05, 0) is 35.7 Å². The molecule has 0 radical (unpaired) electrons. The van der Waals surface area contributed by atoms with Gasteiger partial charge in [0.25, 0.3) is 0 Å². The summed E-state index contributed by atoms with van der Waals surface area (Å²) in [7, 11) is 0. The highest BCUT2D eigenvalue weighted by molar-refractivity contribution is 9.10. The molecule has 0 saturated carbocycles. The quantitative estimate of drug-likeness (QED) is 0.846. The van der Waals surface area contributed by atoms with Gasteiger partial charge in [0.15, 0.2) is 0 Å². The number of rotatable bonds is 4. The van der Waals surface area contributed by atoms with Crippen LogP contribution in [0, 0.1) is 0 Å². The number of hydrogen-bond donors (Lipinski definition) is 1. The van der Waals surface area contributed by atoms with E-state index >= 15 is 0 Å². The third-order valence-corrected chi connectivity index (χ3v) is 3.38. The van der Waals surface area contributed by atoms with Gasteiger partial charge >= 0.3 is 0 Å². The van der Waals surface area contributed by atoms with Crippen molar-refractivity contribution in [2.75, 3.05) is 0 Å². The molecule has 0 saturated heterocycles. The van der Waals surface area contributed by atoms with Gasteiger partial charge in [-0.3, -0.25) is 4.72 Å². The van der Waals surface area contributed by atoms with E-state index in [9.17, 15) is 0 Å². The third-order valence-electron chi connectivity index (χ3n) is 2.11. The number of nitrogens with one attached hydrogen (secondary N) is 1. The second kappa shape index (κ2) is 6.09. The maximum Gasteiger partial charge on any atom is 0.0313 e. The molecule has 0 fully saturated rings. The molecule has 2 aromatic carbocycles. The molecule has 2 rings (SSSR count). The molecule has 0 heterocycles. The summed E-state index contributed by atoms with van der Waals surface area (Å²) in [6, 6.07) is 18.6. The lowest BCUT2D eigenvalue weighted by Crippen LogP contribution is -2.02. The van der Waals surface area contributed by atoms with Crippen molar-refractivity contribution in [3.63, 3.8) is 0 Å². The van der Waals surface area contributed by atoms with Gasteiger partial charge in [-0.25, -0.2) is 0 Å². The number of hydrogen-bond acceptors (Lipinski definition) is 2. The molecule has 0 unspecified atom stereocenters. The highest BCUT2D eigenvalue weighted by Gasteiger charge is 1.95. The van der Waals surface area contributed by atoms with Crippen LogP contribution in [-0.2, 0) is 6.54 Å². The summed E-state index contributed by atoms with van der Waals surface area (Å²) in [5.41, 5.74) is 1.30. The van der Waals surface area contributed by atoms with Crippen LogP contribution in [0.1, 0.15) is 5.56 Å². The van der Waals surface area contributed by atoms with Crippen LogP contribution in [-0.4, -0.2) is 0 Å². The summed E-state index contributed by atoms with van der Waals surface area (Å²) in [4.78, 5) is 1.21. The van der Waals surface area contributed by atoms with Crippen LogP contribution >= 0.6 is 27.9 Å². The van der Waals surface area contributed by atoms with Gasteiger partial charge in [-0.1, -0.05) is 52.3 Å². The lowest BCUT2D eigenvalue weighted by Gasteiger charge is -2.04. The summed E-state index contributed by atoms with van der Waals surface area (Å²) < 4.78 is 4.45. The maximum absolute atomic E-state index is 3.46. The van der Waals surface area contributed by atoms with Crippen LogP contribution < -0.4 is 4.72 Å². The second-order valence-electron chi connectivity index (χ2n) is 3.37. The smallest absolute Gasteiger partial charge is 0.0313 e. The van der Waals surface area contributed by atoms with Crippen LogP contribution in [0.25, 0.3) is 0 Å². The van der Waals surface area contributed by atoms with Crippen molar-refractivity contribution in [1.82, 2.24) is 4.72 Å². The van der Waals surface area contributed by atoms with Gasteiger partial charge in [0.05, 0.1) is 0 Å². The Morgan fingerprint density at radius 3 is 2.56 bits per heavy atom. The molecule has 0 amide bonds. The van der Waals surface area contributed by atoms with E-state index in [1.54, 1.807) is 11.9 Å². The van der Waals surface area contributed by atoms with Crippen molar-refractivity contribution in [3.05, 3.63) is 64.6 Å². The molecule has 0 spiro atoms. The highest BCUT2D eigenvalue weighted by Crippen LogP contribution is 2.19. The average Bonchev–Trinajstić information content (AvgIpc) is 2.30. The maximum atomic E-state index is 3.46. The molecule has 2 aromatic rings. The molecule has 0 atom stereocenters. The first kappa shape index (κ1) is 11.7. The summed E-state index contributed by atoms with van der Waals surface area (Å²) in [6.07, 6.45) is 0. The Bertz CT molecular complexity index is 445. The molecule has 1 nitrogen and oxygen atoms in total. The fraction of sp³-hybridized carbons (Fsp3) is 0.0769. The highest BCUT2D eigenvalue weighted by atomic mass is 79.9. The van der Waals surface area contributed by atoms with Crippen LogP contribution in [0.5, 0.6) is 0 Å². The van der Waals surface area contributed by atoms with E-state index in [-0.39, 0.29) is 0 Å². The van der Waals surface area contributed by atoms with Crippen LogP contribution in [0.15, 0.2) is 64.0 Å². The number of benzene rings is 2. The largest absolute Gasteiger partial charge is 0.255 e. The Morgan fingerprint density at radius 1 is 1.00 bits per heavy atom. The minimum Gasteiger partial charge on any atom is -0.255 e. The molecule has 0 aromatic heterocycles. The zero-order valence-electron chi connectivity index (χ0n) is 8.69. The molecule has 1 N–H and O–H groups in total. The van der Waals surface area contributed by atoms with Gasteiger partial charge in [0.2, 0.25) is 0 Å². The zero-order valence-corrected chi connectivity index (χ0v) is 11.1. The van der Waals surface area contributed by atoms with E-state index in [2.05, 4.69) is 57.1 Å². The molecule has 3 heteroatoms. The number of halogens is 1. The first-order valence-corrected chi connectivity index (χ1v) is 6.65. The third kappa shape index (κ3) is 3.67. The topological polar surface area (TPSA) is 12.0 Å². The minimum atomic E-state index is 0.873. The first-order chi connectivity index (χ1) is 7.84. The van der Waals surface area contributed by atoms with E-state index in [4.69, 9.17) is 0 Å². The fourth-order valence-corrected chi connectivity index (χ4v) is 2.62. The Kier molecular flexibility index (Phi) is 4.45. The minimum absolute atomic E-state index is 0.873. The van der Waals surface area contributed by atoms with Gasteiger partial charge in [0.1, 0.15) is 0 Å². The SMILES string of the molecule is Brc1cccc(SNCc2ccccc2)c1. The molecule has 0 bridgehead atoms. The molecule has 16 heavy (non-hydrogen) atoms. The van der Waals surface area contributed by atoms with E-state index in [1.807, 2.05) is 18.2 Å². The van der Waals surface area contributed by atoms with Gasteiger partial charge in [-0.2, -0.15) is 0 Å².